The van der Waals surface area contributed by atoms with E-state index in [1.165, 1.54) is 16.5 Å². The first-order valence-corrected chi connectivity index (χ1v) is 8.56. The Morgan fingerprint density at radius 1 is 1.28 bits per heavy atom. The summed E-state index contributed by atoms with van der Waals surface area (Å²) in [6.45, 7) is 3.56. The highest BCUT2D eigenvalue weighted by Gasteiger charge is 2.10. The first kappa shape index (κ1) is 17.1. The molecule has 2 aromatic heterocycles. The molecule has 0 atom stereocenters. The number of hydrogen-bond donors (Lipinski definition) is 2. The van der Waals surface area contributed by atoms with Gasteiger partial charge in [-0.3, -0.25) is 9.67 Å². The minimum atomic E-state index is 0.614. The van der Waals surface area contributed by atoms with Gasteiger partial charge in [-0.1, -0.05) is 18.2 Å². The molecule has 3 rings (SSSR count). The number of fused-ring (bicyclic) bond motifs is 1. The van der Waals surface area contributed by atoms with Crippen molar-refractivity contribution in [2.24, 2.45) is 12.0 Å². The quantitative estimate of drug-likeness (QED) is 0.412. The predicted molar refractivity (Wildman–Crippen MR) is 101 cm³/mol. The highest BCUT2D eigenvalue weighted by Crippen LogP contribution is 2.24. The second kappa shape index (κ2) is 7.88. The maximum absolute atomic E-state index is 5.92. The van der Waals surface area contributed by atoms with Gasteiger partial charge in [-0.2, -0.15) is 5.10 Å². The standard InChI is InChI=1S/C19H25N5O/c1-14-16-8-4-5-9-17(16)25-18(14)12-22-19(20-2)21-10-6-7-15-11-23-24(3)13-15/h4-5,8-9,11,13H,6-7,10,12H2,1-3H3,(H2,20,21,22). The monoisotopic (exact) mass is 339 g/mol. The largest absolute Gasteiger partial charge is 0.459 e. The van der Waals surface area contributed by atoms with E-state index in [9.17, 15) is 0 Å². The highest BCUT2D eigenvalue weighted by atomic mass is 16.3. The van der Waals surface area contributed by atoms with Gasteiger partial charge in [0.2, 0.25) is 0 Å². The van der Waals surface area contributed by atoms with Crippen molar-refractivity contribution in [3.63, 3.8) is 0 Å². The lowest BCUT2D eigenvalue weighted by molar-refractivity contribution is 0.534. The van der Waals surface area contributed by atoms with Crippen molar-refractivity contribution < 1.29 is 4.42 Å². The summed E-state index contributed by atoms with van der Waals surface area (Å²) in [5.74, 6) is 1.73. The van der Waals surface area contributed by atoms with E-state index in [1.807, 2.05) is 36.1 Å². The van der Waals surface area contributed by atoms with E-state index in [0.717, 1.165) is 36.7 Å². The minimum absolute atomic E-state index is 0.614. The van der Waals surface area contributed by atoms with Crippen molar-refractivity contribution in [3.05, 3.63) is 53.5 Å². The van der Waals surface area contributed by atoms with Crippen molar-refractivity contribution in [2.45, 2.75) is 26.3 Å². The Morgan fingerprint density at radius 3 is 2.84 bits per heavy atom. The number of guanidine groups is 1. The number of nitrogens with zero attached hydrogens (tertiary/aromatic N) is 3. The zero-order chi connectivity index (χ0) is 17.6. The SMILES string of the molecule is CN=C(NCCCc1cnn(C)c1)NCc1oc2ccccc2c1C. The molecule has 25 heavy (non-hydrogen) atoms. The second-order valence-corrected chi connectivity index (χ2v) is 6.12. The lowest BCUT2D eigenvalue weighted by Crippen LogP contribution is -2.37. The van der Waals surface area contributed by atoms with Crippen LogP contribution in [0.25, 0.3) is 11.0 Å². The molecular weight excluding hydrogens is 314 g/mol. The van der Waals surface area contributed by atoms with E-state index < -0.39 is 0 Å². The van der Waals surface area contributed by atoms with Crippen LogP contribution < -0.4 is 10.6 Å². The number of aromatic nitrogens is 2. The first-order valence-electron chi connectivity index (χ1n) is 8.56. The third-order valence-electron chi connectivity index (χ3n) is 4.28. The molecule has 6 heteroatoms. The molecule has 0 spiro atoms. The van der Waals surface area contributed by atoms with Crippen molar-refractivity contribution in [1.29, 1.82) is 0 Å². The van der Waals surface area contributed by atoms with Crippen LogP contribution in [0.3, 0.4) is 0 Å². The van der Waals surface area contributed by atoms with Gasteiger partial charge in [0.15, 0.2) is 5.96 Å². The number of nitrogens with one attached hydrogen (secondary N) is 2. The Kier molecular flexibility index (Phi) is 5.38. The summed E-state index contributed by atoms with van der Waals surface area (Å²) in [6.07, 6.45) is 5.99. The fourth-order valence-corrected chi connectivity index (χ4v) is 2.88. The fraction of sp³-hybridized carbons (Fsp3) is 0.368. The summed E-state index contributed by atoms with van der Waals surface area (Å²) in [5, 5.41) is 12.0. The molecule has 0 amide bonds. The maximum Gasteiger partial charge on any atom is 0.191 e. The normalized spacial score (nSPS) is 11.9. The van der Waals surface area contributed by atoms with Gasteiger partial charge in [-0.25, -0.2) is 0 Å². The van der Waals surface area contributed by atoms with E-state index in [0.29, 0.717) is 6.54 Å². The number of para-hydroxylation sites is 1. The van der Waals surface area contributed by atoms with Crippen LogP contribution in [0.15, 0.2) is 46.1 Å². The molecule has 132 valence electrons. The van der Waals surface area contributed by atoms with Gasteiger partial charge in [0.1, 0.15) is 11.3 Å². The number of benzene rings is 1. The number of aryl methyl sites for hydroxylation is 3. The third kappa shape index (κ3) is 4.21. The van der Waals surface area contributed by atoms with Crippen molar-refractivity contribution in [3.8, 4) is 0 Å². The Balaban J connectivity index is 1.48. The van der Waals surface area contributed by atoms with Crippen LogP contribution in [0.4, 0.5) is 0 Å². The van der Waals surface area contributed by atoms with Gasteiger partial charge in [0, 0.05) is 37.8 Å². The van der Waals surface area contributed by atoms with Crippen molar-refractivity contribution >= 4 is 16.9 Å². The smallest absolute Gasteiger partial charge is 0.191 e. The summed E-state index contributed by atoms with van der Waals surface area (Å²) >= 11 is 0. The lowest BCUT2D eigenvalue weighted by Gasteiger charge is -2.11. The highest BCUT2D eigenvalue weighted by molar-refractivity contribution is 5.82. The molecule has 1 aromatic carbocycles. The second-order valence-electron chi connectivity index (χ2n) is 6.12. The first-order chi connectivity index (χ1) is 12.2. The molecule has 0 fully saturated rings. The number of hydrogen-bond acceptors (Lipinski definition) is 3. The van der Waals surface area contributed by atoms with Crippen LogP contribution in [-0.2, 0) is 20.0 Å². The average Bonchev–Trinajstić information content (AvgIpc) is 3.18. The predicted octanol–water partition coefficient (Wildman–Crippen LogP) is 2.77. The van der Waals surface area contributed by atoms with Gasteiger partial charge >= 0.3 is 0 Å². The van der Waals surface area contributed by atoms with E-state index in [1.54, 1.807) is 7.05 Å². The van der Waals surface area contributed by atoms with Crippen LogP contribution in [0.5, 0.6) is 0 Å². The minimum Gasteiger partial charge on any atom is -0.459 e. The van der Waals surface area contributed by atoms with Crippen LogP contribution in [-0.4, -0.2) is 29.3 Å². The van der Waals surface area contributed by atoms with Gasteiger partial charge in [0.05, 0.1) is 12.7 Å². The number of aliphatic imine (C=N–C) groups is 1. The van der Waals surface area contributed by atoms with Crippen molar-refractivity contribution in [2.75, 3.05) is 13.6 Å². The molecule has 3 aromatic rings. The van der Waals surface area contributed by atoms with E-state index >= 15 is 0 Å². The molecule has 0 saturated heterocycles. The summed E-state index contributed by atoms with van der Waals surface area (Å²) in [6, 6.07) is 8.11. The summed E-state index contributed by atoms with van der Waals surface area (Å²) < 4.78 is 7.76. The molecule has 0 bridgehead atoms. The number of furan rings is 1. The van der Waals surface area contributed by atoms with E-state index in [4.69, 9.17) is 4.42 Å². The number of rotatable bonds is 6. The lowest BCUT2D eigenvalue weighted by atomic mass is 10.1. The molecule has 2 N–H and O–H groups in total. The molecule has 0 radical (unpaired) electrons. The van der Waals surface area contributed by atoms with Gasteiger partial charge in [-0.15, -0.1) is 0 Å². The Labute approximate surface area is 147 Å². The molecule has 0 aliphatic rings. The van der Waals surface area contributed by atoms with E-state index in [2.05, 4.69) is 39.9 Å². The molecule has 0 aliphatic carbocycles. The molecular formula is C19H25N5O. The van der Waals surface area contributed by atoms with Gasteiger partial charge in [-0.05, 0) is 31.4 Å². The zero-order valence-corrected chi connectivity index (χ0v) is 15.0. The maximum atomic E-state index is 5.92. The summed E-state index contributed by atoms with van der Waals surface area (Å²) in [4.78, 5) is 4.27. The van der Waals surface area contributed by atoms with Gasteiger partial charge in [0.25, 0.3) is 0 Å². The van der Waals surface area contributed by atoms with E-state index in [-0.39, 0.29) is 0 Å². The molecule has 0 unspecified atom stereocenters. The average molecular weight is 339 g/mol. The molecule has 6 nitrogen and oxygen atoms in total. The van der Waals surface area contributed by atoms with Crippen LogP contribution in [0, 0.1) is 6.92 Å². The Bertz CT molecular complexity index is 862. The van der Waals surface area contributed by atoms with Crippen LogP contribution >= 0.6 is 0 Å². The van der Waals surface area contributed by atoms with Gasteiger partial charge < -0.3 is 15.1 Å². The van der Waals surface area contributed by atoms with Crippen molar-refractivity contribution in [1.82, 2.24) is 20.4 Å². The topological polar surface area (TPSA) is 67.4 Å². The molecule has 0 aliphatic heterocycles. The fourth-order valence-electron chi connectivity index (χ4n) is 2.88. The zero-order valence-electron chi connectivity index (χ0n) is 15.0. The van der Waals surface area contributed by atoms with Crippen LogP contribution in [0.1, 0.15) is 23.3 Å². The molecule has 0 saturated carbocycles. The summed E-state index contributed by atoms with van der Waals surface area (Å²) in [5.41, 5.74) is 3.36. The summed E-state index contributed by atoms with van der Waals surface area (Å²) in [7, 11) is 3.72. The Morgan fingerprint density at radius 2 is 2.12 bits per heavy atom. The van der Waals surface area contributed by atoms with Crippen LogP contribution in [0.2, 0.25) is 0 Å². The molecule has 2 heterocycles. The third-order valence-corrected chi connectivity index (χ3v) is 4.28. The Hall–Kier alpha value is -2.76.